The molecule has 0 atom stereocenters. The van der Waals surface area contributed by atoms with Crippen molar-refractivity contribution in [2.45, 2.75) is 13.5 Å². The van der Waals surface area contributed by atoms with Crippen LogP contribution >= 0.6 is 11.3 Å². The number of anilines is 1. The number of thiophene rings is 1. The van der Waals surface area contributed by atoms with Gasteiger partial charge in [0.05, 0.1) is 22.8 Å². The molecule has 0 radical (unpaired) electrons. The molecule has 0 bridgehead atoms. The van der Waals surface area contributed by atoms with E-state index in [0.29, 0.717) is 11.4 Å². The lowest BCUT2D eigenvalue weighted by atomic mass is 10.2. The number of carbonyl (C=O) groups is 1. The SMILES string of the molecule is Cc1nn(Cc2ccccc2)c2sc(C(=O)Nc3ccccc3F)cc12. The summed E-state index contributed by atoms with van der Waals surface area (Å²) < 4.78 is 15.7. The first-order valence-corrected chi connectivity index (χ1v) is 9.00. The van der Waals surface area contributed by atoms with Crippen LogP contribution in [0.4, 0.5) is 10.1 Å². The number of para-hydroxylation sites is 1. The van der Waals surface area contributed by atoms with E-state index < -0.39 is 5.82 Å². The van der Waals surface area contributed by atoms with Crippen LogP contribution in [0.25, 0.3) is 10.2 Å². The van der Waals surface area contributed by atoms with Gasteiger partial charge in [-0.25, -0.2) is 4.39 Å². The average Bonchev–Trinajstić information content (AvgIpc) is 3.20. The normalized spacial score (nSPS) is 11.0. The van der Waals surface area contributed by atoms with Crippen molar-refractivity contribution in [1.82, 2.24) is 9.78 Å². The van der Waals surface area contributed by atoms with Gasteiger partial charge in [0, 0.05) is 5.39 Å². The molecule has 0 saturated carbocycles. The molecule has 1 N–H and O–H groups in total. The van der Waals surface area contributed by atoms with Crippen LogP contribution in [0.1, 0.15) is 20.9 Å². The zero-order valence-electron chi connectivity index (χ0n) is 14.1. The van der Waals surface area contributed by atoms with E-state index in [1.807, 2.05) is 48.0 Å². The van der Waals surface area contributed by atoms with Crippen molar-refractivity contribution in [2.24, 2.45) is 0 Å². The van der Waals surface area contributed by atoms with Crippen molar-refractivity contribution in [1.29, 1.82) is 0 Å². The Labute approximate surface area is 153 Å². The average molecular weight is 365 g/mol. The van der Waals surface area contributed by atoms with Crippen LogP contribution in [0.15, 0.2) is 60.7 Å². The molecule has 0 aliphatic rings. The van der Waals surface area contributed by atoms with E-state index in [1.54, 1.807) is 18.2 Å². The number of rotatable bonds is 4. The number of hydrogen-bond acceptors (Lipinski definition) is 3. The third kappa shape index (κ3) is 3.11. The molecule has 2 aromatic carbocycles. The number of amides is 1. The monoisotopic (exact) mass is 365 g/mol. The van der Waals surface area contributed by atoms with E-state index in [0.717, 1.165) is 21.5 Å². The van der Waals surface area contributed by atoms with Crippen molar-refractivity contribution in [3.05, 3.63) is 82.6 Å². The van der Waals surface area contributed by atoms with Crippen LogP contribution in [0.2, 0.25) is 0 Å². The fourth-order valence-electron chi connectivity index (χ4n) is 2.83. The van der Waals surface area contributed by atoms with Crippen LogP contribution in [0, 0.1) is 12.7 Å². The number of halogens is 1. The van der Waals surface area contributed by atoms with E-state index in [4.69, 9.17) is 0 Å². The van der Waals surface area contributed by atoms with Crippen molar-refractivity contribution >= 4 is 33.1 Å². The minimum atomic E-state index is -0.451. The van der Waals surface area contributed by atoms with Crippen molar-refractivity contribution in [2.75, 3.05) is 5.32 Å². The van der Waals surface area contributed by atoms with Gasteiger partial charge in [-0.2, -0.15) is 5.10 Å². The van der Waals surface area contributed by atoms with Crippen molar-refractivity contribution < 1.29 is 9.18 Å². The second-order valence-electron chi connectivity index (χ2n) is 5.99. The number of aromatic nitrogens is 2. The second kappa shape index (κ2) is 6.72. The predicted octanol–water partition coefficient (Wildman–Crippen LogP) is 4.85. The standard InChI is InChI=1S/C20H16FN3OS/c1-13-15-11-18(19(25)22-17-10-6-5-9-16(17)21)26-20(15)24(23-13)12-14-7-3-2-4-8-14/h2-11H,12H2,1H3,(H,22,25). The number of fused-ring (bicyclic) bond motifs is 1. The third-order valence-electron chi connectivity index (χ3n) is 4.13. The molecule has 0 unspecified atom stereocenters. The molecular formula is C20H16FN3OS. The first-order chi connectivity index (χ1) is 12.6. The lowest BCUT2D eigenvalue weighted by molar-refractivity contribution is 0.103. The Morgan fingerprint density at radius 2 is 1.88 bits per heavy atom. The summed E-state index contributed by atoms with van der Waals surface area (Å²) in [6, 6.07) is 18.0. The highest BCUT2D eigenvalue weighted by Crippen LogP contribution is 2.29. The minimum absolute atomic E-state index is 0.178. The molecule has 2 aromatic heterocycles. The molecule has 0 spiro atoms. The number of aryl methyl sites for hydroxylation is 1. The maximum Gasteiger partial charge on any atom is 0.265 e. The maximum absolute atomic E-state index is 13.8. The molecule has 2 heterocycles. The van der Waals surface area contributed by atoms with Crippen LogP contribution in [0.5, 0.6) is 0 Å². The van der Waals surface area contributed by atoms with Gasteiger partial charge >= 0.3 is 0 Å². The summed E-state index contributed by atoms with van der Waals surface area (Å²) in [6.07, 6.45) is 0. The number of nitrogens with zero attached hydrogens (tertiary/aromatic N) is 2. The van der Waals surface area contributed by atoms with Gasteiger partial charge in [-0.1, -0.05) is 42.5 Å². The van der Waals surface area contributed by atoms with Crippen LogP contribution in [0.3, 0.4) is 0 Å². The van der Waals surface area contributed by atoms with Crippen LogP contribution < -0.4 is 5.32 Å². The fraction of sp³-hybridized carbons (Fsp3) is 0.100. The van der Waals surface area contributed by atoms with Gasteiger partial charge in [0.1, 0.15) is 10.6 Å². The predicted molar refractivity (Wildman–Crippen MR) is 102 cm³/mol. The molecule has 0 saturated heterocycles. The second-order valence-corrected chi connectivity index (χ2v) is 7.02. The summed E-state index contributed by atoms with van der Waals surface area (Å²) >= 11 is 1.36. The highest BCUT2D eigenvalue weighted by Gasteiger charge is 2.17. The third-order valence-corrected chi connectivity index (χ3v) is 5.28. The summed E-state index contributed by atoms with van der Waals surface area (Å²) in [5, 5.41) is 8.16. The Balaban J connectivity index is 1.64. The number of carbonyl (C=O) groups excluding carboxylic acids is 1. The molecule has 0 aliphatic carbocycles. The topological polar surface area (TPSA) is 46.9 Å². The van der Waals surface area contributed by atoms with Crippen molar-refractivity contribution in [3.63, 3.8) is 0 Å². The Bertz CT molecular complexity index is 1090. The van der Waals surface area contributed by atoms with Gasteiger partial charge in [-0.3, -0.25) is 9.48 Å². The van der Waals surface area contributed by atoms with Gasteiger partial charge in [0.25, 0.3) is 5.91 Å². The zero-order chi connectivity index (χ0) is 18.1. The first-order valence-electron chi connectivity index (χ1n) is 8.18. The largest absolute Gasteiger partial charge is 0.319 e. The highest BCUT2D eigenvalue weighted by molar-refractivity contribution is 7.20. The van der Waals surface area contributed by atoms with Crippen LogP contribution in [-0.4, -0.2) is 15.7 Å². The number of hydrogen-bond donors (Lipinski definition) is 1. The van der Waals surface area contributed by atoms with Gasteiger partial charge in [-0.05, 0) is 30.7 Å². The summed E-state index contributed by atoms with van der Waals surface area (Å²) in [6.45, 7) is 2.56. The maximum atomic E-state index is 13.8. The lowest BCUT2D eigenvalue weighted by Crippen LogP contribution is -2.11. The fourth-order valence-corrected chi connectivity index (χ4v) is 3.89. The summed E-state index contributed by atoms with van der Waals surface area (Å²) in [5.41, 5.74) is 2.19. The van der Waals surface area contributed by atoms with Gasteiger partial charge in [0.15, 0.2) is 0 Å². The van der Waals surface area contributed by atoms with Gasteiger partial charge in [0.2, 0.25) is 0 Å². The highest BCUT2D eigenvalue weighted by atomic mass is 32.1. The number of benzene rings is 2. The Morgan fingerprint density at radius 1 is 1.15 bits per heavy atom. The number of nitrogens with one attached hydrogen (secondary N) is 1. The Hall–Kier alpha value is -2.99. The van der Waals surface area contributed by atoms with E-state index in [-0.39, 0.29) is 11.6 Å². The van der Waals surface area contributed by atoms with Crippen LogP contribution in [-0.2, 0) is 6.54 Å². The molecule has 6 heteroatoms. The minimum Gasteiger partial charge on any atom is -0.319 e. The summed E-state index contributed by atoms with van der Waals surface area (Å²) in [7, 11) is 0. The Kier molecular flexibility index (Phi) is 4.26. The molecule has 0 aliphatic heterocycles. The molecular weight excluding hydrogens is 349 g/mol. The van der Waals surface area contributed by atoms with E-state index >= 15 is 0 Å². The van der Waals surface area contributed by atoms with E-state index in [2.05, 4.69) is 10.4 Å². The molecule has 130 valence electrons. The zero-order valence-corrected chi connectivity index (χ0v) is 14.9. The molecule has 4 nitrogen and oxygen atoms in total. The molecule has 0 fully saturated rings. The lowest BCUT2D eigenvalue weighted by Gasteiger charge is -2.04. The first kappa shape index (κ1) is 16.5. The van der Waals surface area contributed by atoms with E-state index in [9.17, 15) is 9.18 Å². The van der Waals surface area contributed by atoms with E-state index in [1.165, 1.54) is 17.4 Å². The Morgan fingerprint density at radius 3 is 2.65 bits per heavy atom. The summed E-state index contributed by atoms with van der Waals surface area (Å²) in [4.78, 5) is 14.0. The van der Waals surface area contributed by atoms with Gasteiger partial charge in [-0.15, -0.1) is 11.3 Å². The molecule has 4 rings (SSSR count). The summed E-state index contributed by atoms with van der Waals surface area (Å²) in [5.74, 6) is -0.768. The molecule has 26 heavy (non-hydrogen) atoms. The van der Waals surface area contributed by atoms with Crippen molar-refractivity contribution in [3.8, 4) is 0 Å². The molecule has 4 aromatic rings. The van der Waals surface area contributed by atoms with Gasteiger partial charge < -0.3 is 5.32 Å². The quantitative estimate of drug-likeness (QED) is 0.562. The molecule has 1 amide bonds. The smallest absolute Gasteiger partial charge is 0.265 e.